The van der Waals surface area contributed by atoms with Gasteiger partial charge >= 0.3 is 0 Å². The van der Waals surface area contributed by atoms with Gasteiger partial charge in [-0.3, -0.25) is 4.79 Å². The average Bonchev–Trinajstić information content (AvgIpc) is 3.16. The van der Waals surface area contributed by atoms with Crippen molar-refractivity contribution in [3.63, 3.8) is 0 Å². The maximum atomic E-state index is 12.7. The molecular formula is C20H22N4O2S2. The lowest BCUT2D eigenvalue weighted by Crippen LogP contribution is -2.33. The number of para-hydroxylation sites is 3. The first-order chi connectivity index (χ1) is 13.6. The van der Waals surface area contributed by atoms with Crippen molar-refractivity contribution in [2.75, 3.05) is 23.9 Å². The minimum Gasteiger partial charge on any atom is -0.492 e. The summed E-state index contributed by atoms with van der Waals surface area (Å²) in [5.41, 5.74) is 1.71. The molecule has 0 saturated carbocycles. The molecule has 6 nitrogen and oxygen atoms in total. The van der Waals surface area contributed by atoms with Crippen LogP contribution in [-0.2, 0) is 4.79 Å². The number of nitrogens with zero attached hydrogens (tertiary/aromatic N) is 3. The van der Waals surface area contributed by atoms with Gasteiger partial charge in [-0.1, -0.05) is 53.4 Å². The molecule has 1 atom stereocenters. The number of hydrogen-bond donors (Lipinski definition) is 1. The number of carbonyl (C=O) groups excluding carboxylic acids is 1. The number of carbonyl (C=O) groups is 1. The third-order valence-electron chi connectivity index (χ3n) is 3.93. The highest BCUT2D eigenvalue weighted by Crippen LogP contribution is 2.33. The van der Waals surface area contributed by atoms with Crippen molar-refractivity contribution in [1.29, 1.82) is 0 Å². The zero-order valence-electron chi connectivity index (χ0n) is 16.0. The molecule has 0 radical (unpaired) electrons. The number of benzene rings is 2. The molecule has 1 N–H and O–H groups in total. The summed E-state index contributed by atoms with van der Waals surface area (Å²) >= 11 is 2.81. The molecule has 3 aromatic rings. The molecule has 0 bridgehead atoms. The molecule has 28 heavy (non-hydrogen) atoms. The second-order valence-corrected chi connectivity index (χ2v) is 8.49. The highest BCUT2D eigenvalue weighted by molar-refractivity contribution is 8.02. The monoisotopic (exact) mass is 414 g/mol. The van der Waals surface area contributed by atoms with E-state index in [2.05, 4.69) is 15.5 Å². The van der Waals surface area contributed by atoms with Crippen LogP contribution in [-0.4, -0.2) is 35.0 Å². The van der Waals surface area contributed by atoms with Crippen molar-refractivity contribution < 1.29 is 9.53 Å². The Bertz CT molecular complexity index is 917. The van der Waals surface area contributed by atoms with E-state index in [1.165, 1.54) is 23.1 Å². The van der Waals surface area contributed by atoms with Crippen LogP contribution in [0.2, 0.25) is 0 Å². The van der Waals surface area contributed by atoms with Crippen LogP contribution in [0.4, 0.5) is 16.5 Å². The van der Waals surface area contributed by atoms with E-state index in [9.17, 15) is 4.79 Å². The predicted octanol–water partition coefficient (Wildman–Crippen LogP) is 4.82. The van der Waals surface area contributed by atoms with Crippen LogP contribution in [0.1, 0.15) is 13.8 Å². The van der Waals surface area contributed by atoms with Crippen LogP contribution in [0, 0.1) is 0 Å². The van der Waals surface area contributed by atoms with Gasteiger partial charge in [-0.2, -0.15) is 0 Å². The first-order valence-electron chi connectivity index (χ1n) is 8.90. The standard InChI is InChI=1S/C20H22N4O2S2/c1-4-26-17-13-9-8-12-16(17)21-19-22-23-20(28-19)27-14(2)18(25)24(3)15-10-6-5-7-11-15/h5-14H,4H2,1-3H3,(H,21,22)/t14-/m0/s1. The first kappa shape index (κ1) is 20.2. The van der Waals surface area contributed by atoms with Crippen molar-refractivity contribution in [1.82, 2.24) is 10.2 Å². The van der Waals surface area contributed by atoms with Crippen LogP contribution in [0.5, 0.6) is 5.75 Å². The third-order valence-corrected chi connectivity index (χ3v) is 5.94. The predicted molar refractivity (Wildman–Crippen MR) is 116 cm³/mol. The van der Waals surface area contributed by atoms with E-state index in [-0.39, 0.29) is 11.2 Å². The topological polar surface area (TPSA) is 67.3 Å². The molecule has 0 saturated heterocycles. The molecular weight excluding hydrogens is 392 g/mol. The second-order valence-electron chi connectivity index (χ2n) is 5.92. The molecule has 1 amide bonds. The summed E-state index contributed by atoms with van der Waals surface area (Å²) in [6, 6.07) is 17.3. The Labute approximate surface area is 172 Å². The molecule has 1 aromatic heterocycles. The first-order valence-corrected chi connectivity index (χ1v) is 10.6. The summed E-state index contributed by atoms with van der Waals surface area (Å²) in [6.07, 6.45) is 0. The number of thioether (sulfide) groups is 1. The van der Waals surface area contributed by atoms with E-state index in [1.807, 2.05) is 68.4 Å². The molecule has 0 unspecified atom stereocenters. The summed E-state index contributed by atoms with van der Waals surface area (Å²) in [4.78, 5) is 14.4. The van der Waals surface area contributed by atoms with Gasteiger partial charge in [0.1, 0.15) is 5.75 Å². The Hall–Kier alpha value is -2.58. The molecule has 2 aromatic carbocycles. The highest BCUT2D eigenvalue weighted by Gasteiger charge is 2.21. The van der Waals surface area contributed by atoms with Crippen molar-refractivity contribution in [2.45, 2.75) is 23.4 Å². The lowest BCUT2D eigenvalue weighted by Gasteiger charge is -2.20. The van der Waals surface area contributed by atoms with Gasteiger partial charge in [-0.25, -0.2) is 0 Å². The Balaban J connectivity index is 1.63. The lowest BCUT2D eigenvalue weighted by molar-refractivity contribution is -0.117. The molecule has 0 fully saturated rings. The Morgan fingerprint density at radius 1 is 1.18 bits per heavy atom. The number of ether oxygens (including phenoxy) is 1. The second kappa shape index (κ2) is 9.57. The van der Waals surface area contributed by atoms with Crippen molar-refractivity contribution >= 4 is 45.5 Å². The van der Waals surface area contributed by atoms with Crippen molar-refractivity contribution in [3.8, 4) is 5.75 Å². The van der Waals surface area contributed by atoms with E-state index in [0.29, 0.717) is 11.7 Å². The van der Waals surface area contributed by atoms with E-state index in [1.54, 1.807) is 11.9 Å². The summed E-state index contributed by atoms with van der Waals surface area (Å²) in [7, 11) is 1.78. The number of rotatable bonds is 8. The number of aromatic nitrogens is 2. The summed E-state index contributed by atoms with van der Waals surface area (Å²) in [6.45, 7) is 4.41. The van der Waals surface area contributed by atoms with Gasteiger partial charge in [0.15, 0.2) is 4.34 Å². The van der Waals surface area contributed by atoms with E-state index >= 15 is 0 Å². The summed E-state index contributed by atoms with van der Waals surface area (Å²) in [5, 5.41) is 12.0. The van der Waals surface area contributed by atoms with Crippen LogP contribution in [0.25, 0.3) is 0 Å². The lowest BCUT2D eigenvalue weighted by atomic mass is 10.3. The SMILES string of the molecule is CCOc1ccccc1Nc1nnc(S[C@@H](C)C(=O)N(C)c2ccccc2)s1. The fraction of sp³-hybridized carbons (Fsp3) is 0.250. The van der Waals surface area contributed by atoms with Gasteiger partial charge in [0.25, 0.3) is 0 Å². The molecule has 146 valence electrons. The smallest absolute Gasteiger partial charge is 0.240 e. The van der Waals surface area contributed by atoms with Gasteiger partial charge < -0.3 is 15.0 Å². The van der Waals surface area contributed by atoms with E-state index in [0.717, 1.165) is 21.5 Å². The highest BCUT2D eigenvalue weighted by atomic mass is 32.2. The minimum absolute atomic E-state index is 0.0163. The maximum Gasteiger partial charge on any atom is 0.240 e. The van der Waals surface area contributed by atoms with E-state index < -0.39 is 0 Å². The summed E-state index contributed by atoms with van der Waals surface area (Å²) in [5.74, 6) is 0.782. The number of hydrogen-bond acceptors (Lipinski definition) is 7. The fourth-order valence-electron chi connectivity index (χ4n) is 2.53. The zero-order chi connectivity index (χ0) is 19.9. The Morgan fingerprint density at radius 3 is 2.64 bits per heavy atom. The van der Waals surface area contributed by atoms with Crippen LogP contribution in [0.15, 0.2) is 58.9 Å². The van der Waals surface area contributed by atoms with Crippen molar-refractivity contribution in [2.24, 2.45) is 0 Å². The molecule has 0 aliphatic heterocycles. The fourth-order valence-corrected chi connectivity index (χ4v) is 4.53. The molecule has 0 aliphatic carbocycles. The molecule has 3 rings (SSSR count). The van der Waals surface area contributed by atoms with Gasteiger partial charge in [-0.05, 0) is 38.1 Å². The number of anilines is 3. The van der Waals surface area contributed by atoms with Gasteiger partial charge in [-0.15, -0.1) is 10.2 Å². The minimum atomic E-state index is -0.276. The van der Waals surface area contributed by atoms with Crippen LogP contribution < -0.4 is 15.0 Å². The largest absolute Gasteiger partial charge is 0.492 e. The molecule has 0 aliphatic rings. The number of nitrogens with one attached hydrogen (secondary N) is 1. The van der Waals surface area contributed by atoms with E-state index in [4.69, 9.17) is 4.74 Å². The third kappa shape index (κ3) is 5.02. The molecule has 8 heteroatoms. The Kier molecular flexibility index (Phi) is 6.89. The van der Waals surface area contributed by atoms with Gasteiger partial charge in [0, 0.05) is 12.7 Å². The van der Waals surface area contributed by atoms with Gasteiger partial charge in [0.2, 0.25) is 11.0 Å². The summed E-state index contributed by atoms with van der Waals surface area (Å²) < 4.78 is 6.35. The molecule has 0 spiro atoms. The van der Waals surface area contributed by atoms with Crippen LogP contribution >= 0.6 is 23.1 Å². The van der Waals surface area contributed by atoms with Gasteiger partial charge in [0.05, 0.1) is 17.5 Å². The normalized spacial score (nSPS) is 11.7. The van der Waals surface area contributed by atoms with Crippen LogP contribution in [0.3, 0.4) is 0 Å². The quantitative estimate of drug-likeness (QED) is 0.533. The zero-order valence-corrected chi connectivity index (χ0v) is 17.6. The average molecular weight is 415 g/mol. The molecule has 1 heterocycles. The Morgan fingerprint density at radius 2 is 1.89 bits per heavy atom. The van der Waals surface area contributed by atoms with Crippen molar-refractivity contribution in [3.05, 3.63) is 54.6 Å². The maximum absolute atomic E-state index is 12.7. The number of amides is 1.